The molecule has 0 N–H and O–H groups in total. The summed E-state index contributed by atoms with van der Waals surface area (Å²) in [6.07, 6.45) is 3.21. The van der Waals surface area contributed by atoms with Crippen LogP contribution >= 0.6 is 0 Å². The van der Waals surface area contributed by atoms with Crippen LogP contribution in [0.3, 0.4) is 0 Å². The summed E-state index contributed by atoms with van der Waals surface area (Å²) >= 11 is 0. The minimum Gasteiger partial charge on any atom is -0.497 e. The van der Waals surface area contributed by atoms with Crippen molar-refractivity contribution in [1.29, 1.82) is 0 Å². The predicted octanol–water partition coefficient (Wildman–Crippen LogP) is 3.59. The highest BCUT2D eigenvalue weighted by molar-refractivity contribution is 6.05. The second kappa shape index (κ2) is 7.10. The fourth-order valence-corrected chi connectivity index (χ4v) is 2.50. The molecule has 0 atom stereocenters. The number of hydrogen-bond acceptors (Lipinski definition) is 6. The Morgan fingerprint density at radius 3 is 2.42 bits per heavy atom. The van der Waals surface area contributed by atoms with E-state index in [1.54, 1.807) is 49.6 Å². The molecule has 2 aromatic carbocycles. The van der Waals surface area contributed by atoms with E-state index in [4.69, 9.17) is 14.2 Å². The number of ether oxygens (including phenoxy) is 3. The lowest BCUT2D eigenvalue weighted by Crippen LogP contribution is -1.98. The van der Waals surface area contributed by atoms with Gasteiger partial charge in [-0.15, -0.1) is 0 Å². The van der Waals surface area contributed by atoms with E-state index in [9.17, 15) is 14.9 Å². The average Bonchev–Trinajstić information content (AvgIpc) is 3.01. The monoisotopic (exact) mass is 353 g/mol. The van der Waals surface area contributed by atoms with Crippen molar-refractivity contribution in [2.24, 2.45) is 0 Å². The molecule has 0 saturated heterocycles. The summed E-state index contributed by atoms with van der Waals surface area (Å²) < 4.78 is 15.8. The first-order valence-electron chi connectivity index (χ1n) is 7.64. The van der Waals surface area contributed by atoms with Crippen LogP contribution < -0.4 is 9.47 Å². The zero-order valence-electron chi connectivity index (χ0n) is 14.1. The van der Waals surface area contributed by atoms with Gasteiger partial charge in [-0.3, -0.25) is 10.1 Å². The minimum absolute atomic E-state index is 0.0136. The molecule has 7 nitrogen and oxygen atoms in total. The van der Waals surface area contributed by atoms with Gasteiger partial charge in [0.25, 0.3) is 5.69 Å². The molecule has 26 heavy (non-hydrogen) atoms. The predicted molar refractivity (Wildman–Crippen MR) is 94.7 cm³/mol. The summed E-state index contributed by atoms with van der Waals surface area (Å²) in [6.45, 7) is 0. The first kappa shape index (κ1) is 17.2. The molecule has 0 bridgehead atoms. The van der Waals surface area contributed by atoms with E-state index in [1.165, 1.54) is 19.2 Å². The molecule has 0 fully saturated rings. The molecule has 0 amide bonds. The summed E-state index contributed by atoms with van der Waals surface area (Å²) in [6, 6.07) is 11.1. The van der Waals surface area contributed by atoms with Crippen molar-refractivity contribution in [3.05, 3.63) is 75.4 Å². The third kappa shape index (κ3) is 3.41. The second-order valence-electron chi connectivity index (χ2n) is 5.41. The van der Waals surface area contributed by atoms with Crippen LogP contribution in [0.2, 0.25) is 0 Å². The SMILES string of the molecule is COc1ccc(C2=C/C(=C/c3ccc([N+](=O)[O-])cc3)C(=O)O2)c(OC)c1. The summed E-state index contributed by atoms with van der Waals surface area (Å²) in [7, 11) is 3.07. The number of non-ortho nitro benzene ring substituents is 1. The van der Waals surface area contributed by atoms with Crippen molar-refractivity contribution >= 4 is 23.5 Å². The number of carbonyl (C=O) groups is 1. The van der Waals surface area contributed by atoms with Crippen LogP contribution in [0.4, 0.5) is 5.69 Å². The molecule has 3 rings (SSSR count). The van der Waals surface area contributed by atoms with Crippen LogP contribution in [0.25, 0.3) is 11.8 Å². The van der Waals surface area contributed by atoms with Gasteiger partial charge in [-0.2, -0.15) is 0 Å². The van der Waals surface area contributed by atoms with Gasteiger partial charge in [-0.25, -0.2) is 4.79 Å². The third-order valence-corrected chi connectivity index (χ3v) is 3.83. The maximum absolute atomic E-state index is 12.1. The zero-order chi connectivity index (χ0) is 18.7. The van der Waals surface area contributed by atoms with Crippen LogP contribution in [0, 0.1) is 10.1 Å². The summed E-state index contributed by atoms with van der Waals surface area (Å²) in [5.41, 5.74) is 1.60. The lowest BCUT2D eigenvalue weighted by atomic mass is 10.1. The Hall–Kier alpha value is -3.61. The van der Waals surface area contributed by atoms with Crippen LogP contribution in [-0.4, -0.2) is 25.1 Å². The van der Waals surface area contributed by atoms with Gasteiger partial charge >= 0.3 is 5.97 Å². The molecule has 1 heterocycles. The molecule has 1 aliphatic rings. The van der Waals surface area contributed by atoms with E-state index in [0.717, 1.165) is 0 Å². The molecule has 0 spiro atoms. The Kier molecular flexibility index (Phi) is 4.70. The normalized spacial score (nSPS) is 14.8. The quantitative estimate of drug-likeness (QED) is 0.353. The number of nitro benzene ring substituents is 1. The number of methoxy groups -OCH3 is 2. The van der Waals surface area contributed by atoms with Gasteiger partial charge in [0.15, 0.2) is 0 Å². The molecule has 0 aliphatic carbocycles. The van der Waals surface area contributed by atoms with Gasteiger partial charge in [-0.05, 0) is 42.0 Å². The highest BCUT2D eigenvalue weighted by atomic mass is 16.6. The van der Waals surface area contributed by atoms with E-state index < -0.39 is 10.9 Å². The standard InChI is InChI=1S/C19H15NO6/c1-24-15-7-8-16(17(11-15)25-2)18-10-13(19(21)26-18)9-12-3-5-14(6-4-12)20(22)23/h3-11H,1-2H3/b13-9-. The van der Waals surface area contributed by atoms with Crippen molar-refractivity contribution in [1.82, 2.24) is 0 Å². The number of benzene rings is 2. The zero-order valence-corrected chi connectivity index (χ0v) is 14.1. The van der Waals surface area contributed by atoms with Crippen LogP contribution in [0.1, 0.15) is 11.1 Å². The van der Waals surface area contributed by atoms with Crippen molar-refractivity contribution in [2.45, 2.75) is 0 Å². The maximum atomic E-state index is 12.1. The number of nitro groups is 1. The van der Waals surface area contributed by atoms with E-state index >= 15 is 0 Å². The fraction of sp³-hybridized carbons (Fsp3) is 0.105. The van der Waals surface area contributed by atoms with Crippen LogP contribution in [0.15, 0.2) is 54.1 Å². The van der Waals surface area contributed by atoms with Gasteiger partial charge in [0.2, 0.25) is 0 Å². The van der Waals surface area contributed by atoms with Gasteiger partial charge < -0.3 is 14.2 Å². The molecular weight excluding hydrogens is 338 g/mol. The van der Waals surface area contributed by atoms with Gasteiger partial charge in [0.05, 0.1) is 30.3 Å². The van der Waals surface area contributed by atoms with Gasteiger partial charge in [0, 0.05) is 18.2 Å². The molecule has 2 aromatic rings. The summed E-state index contributed by atoms with van der Waals surface area (Å²) in [5, 5.41) is 10.7. The molecule has 0 unspecified atom stereocenters. The number of esters is 1. The highest BCUT2D eigenvalue weighted by Gasteiger charge is 2.24. The fourth-order valence-electron chi connectivity index (χ4n) is 2.50. The highest BCUT2D eigenvalue weighted by Crippen LogP contribution is 2.35. The molecular formula is C19H15NO6. The Morgan fingerprint density at radius 1 is 1.08 bits per heavy atom. The lowest BCUT2D eigenvalue weighted by Gasteiger charge is -2.10. The van der Waals surface area contributed by atoms with Crippen molar-refractivity contribution in [3.8, 4) is 11.5 Å². The van der Waals surface area contributed by atoms with Gasteiger partial charge in [-0.1, -0.05) is 0 Å². The number of hydrogen-bond donors (Lipinski definition) is 0. The van der Waals surface area contributed by atoms with E-state index in [1.807, 2.05) is 0 Å². The van der Waals surface area contributed by atoms with Crippen LogP contribution in [0.5, 0.6) is 11.5 Å². The number of carbonyl (C=O) groups excluding carboxylic acids is 1. The number of nitrogens with zero attached hydrogens (tertiary/aromatic N) is 1. The number of cyclic esters (lactones) is 1. The van der Waals surface area contributed by atoms with E-state index in [0.29, 0.717) is 34.0 Å². The first-order chi connectivity index (χ1) is 12.5. The Morgan fingerprint density at radius 2 is 1.81 bits per heavy atom. The maximum Gasteiger partial charge on any atom is 0.343 e. The van der Waals surface area contributed by atoms with Crippen LogP contribution in [-0.2, 0) is 9.53 Å². The first-order valence-corrected chi connectivity index (χ1v) is 7.64. The average molecular weight is 353 g/mol. The summed E-state index contributed by atoms with van der Waals surface area (Å²) in [5.74, 6) is 0.996. The van der Waals surface area contributed by atoms with E-state index in [-0.39, 0.29) is 5.69 Å². The lowest BCUT2D eigenvalue weighted by molar-refractivity contribution is -0.384. The van der Waals surface area contributed by atoms with E-state index in [2.05, 4.69) is 0 Å². The number of rotatable bonds is 5. The Labute approximate surface area is 149 Å². The Bertz CT molecular complexity index is 928. The van der Waals surface area contributed by atoms with Gasteiger partial charge in [0.1, 0.15) is 17.3 Å². The molecule has 0 saturated carbocycles. The molecule has 1 aliphatic heterocycles. The van der Waals surface area contributed by atoms with Crippen molar-refractivity contribution in [3.63, 3.8) is 0 Å². The smallest absolute Gasteiger partial charge is 0.343 e. The Balaban J connectivity index is 1.93. The molecule has 0 radical (unpaired) electrons. The second-order valence-corrected chi connectivity index (χ2v) is 5.41. The topological polar surface area (TPSA) is 87.9 Å². The minimum atomic E-state index is -0.503. The van der Waals surface area contributed by atoms with Crippen molar-refractivity contribution < 1.29 is 23.9 Å². The summed E-state index contributed by atoms with van der Waals surface area (Å²) in [4.78, 5) is 22.4. The van der Waals surface area contributed by atoms with Crippen molar-refractivity contribution in [2.75, 3.05) is 14.2 Å². The molecule has 0 aromatic heterocycles. The molecule has 7 heteroatoms. The largest absolute Gasteiger partial charge is 0.497 e. The third-order valence-electron chi connectivity index (χ3n) is 3.83. The molecule has 132 valence electrons.